The standard InChI is InChI=1S/C19H24ClN/c1-13-17(20)7-6-8-18(13)21-14(2)15-9-11-16(12-10-15)19(3,4)5/h6-12,14,21H,1-5H3. The Hall–Kier alpha value is -1.47. The minimum Gasteiger partial charge on any atom is -0.378 e. The third kappa shape index (κ3) is 3.79. The van der Waals surface area contributed by atoms with Crippen LogP contribution in [0.5, 0.6) is 0 Å². The minimum absolute atomic E-state index is 0.193. The van der Waals surface area contributed by atoms with E-state index in [2.05, 4.69) is 63.3 Å². The maximum Gasteiger partial charge on any atom is 0.0485 e. The number of nitrogens with one attached hydrogen (secondary N) is 1. The highest BCUT2D eigenvalue weighted by Gasteiger charge is 2.14. The molecule has 2 aromatic rings. The van der Waals surface area contributed by atoms with E-state index >= 15 is 0 Å². The SMILES string of the molecule is Cc1c(Cl)cccc1NC(C)c1ccc(C(C)(C)C)cc1. The van der Waals surface area contributed by atoms with Crippen LogP contribution < -0.4 is 5.32 Å². The number of anilines is 1. The molecule has 0 saturated carbocycles. The summed E-state index contributed by atoms with van der Waals surface area (Å²) in [6.07, 6.45) is 0. The van der Waals surface area contributed by atoms with Crippen LogP contribution in [0.15, 0.2) is 42.5 Å². The first kappa shape index (κ1) is 15.9. The third-order valence-corrected chi connectivity index (χ3v) is 4.33. The van der Waals surface area contributed by atoms with Gasteiger partial charge in [0.2, 0.25) is 0 Å². The fraction of sp³-hybridized carbons (Fsp3) is 0.368. The Morgan fingerprint density at radius 3 is 2.19 bits per heavy atom. The van der Waals surface area contributed by atoms with Crippen molar-refractivity contribution in [3.63, 3.8) is 0 Å². The van der Waals surface area contributed by atoms with Gasteiger partial charge in [-0.3, -0.25) is 0 Å². The lowest BCUT2D eigenvalue weighted by atomic mass is 9.86. The van der Waals surface area contributed by atoms with E-state index in [9.17, 15) is 0 Å². The second-order valence-corrected chi connectivity index (χ2v) is 7.06. The Balaban J connectivity index is 2.17. The Morgan fingerprint density at radius 1 is 1.00 bits per heavy atom. The topological polar surface area (TPSA) is 12.0 Å². The molecule has 112 valence electrons. The first-order valence-electron chi connectivity index (χ1n) is 7.41. The van der Waals surface area contributed by atoms with Crippen molar-refractivity contribution in [3.05, 3.63) is 64.2 Å². The molecule has 21 heavy (non-hydrogen) atoms. The molecule has 1 atom stereocenters. The van der Waals surface area contributed by atoms with Gasteiger partial charge in [-0.15, -0.1) is 0 Å². The van der Waals surface area contributed by atoms with Crippen molar-refractivity contribution in [3.8, 4) is 0 Å². The second kappa shape index (κ2) is 6.11. The first-order valence-corrected chi connectivity index (χ1v) is 7.79. The van der Waals surface area contributed by atoms with E-state index < -0.39 is 0 Å². The van der Waals surface area contributed by atoms with Crippen LogP contribution in [0.25, 0.3) is 0 Å². The van der Waals surface area contributed by atoms with Gasteiger partial charge in [0, 0.05) is 16.8 Å². The smallest absolute Gasteiger partial charge is 0.0485 e. The largest absolute Gasteiger partial charge is 0.378 e. The summed E-state index contributed by atoms with van der Waals surface area (Å²) in [5.41, 5.74) is 5.02. The van der Waals surface area contributed by atoms with Crippen LogP contribution >= 0.6 is 11.6 Å². The molecular formula is C19H24ClN. The Morgan fingerprint density at radius 2 is 1.62 bits per heavy atom. The molecule has 0 aliphatic heterocycles. The fourth-order valence-electron chi connectivity index (χ4n) is 2.35. The normalized spacial score (nSPS) is 13.0. The highest BCUT2D eigenvalue weighted by atomic mass is 35.5. The molecule has 0 aliphatic carbocycles. The lowest BCUT2D eigenvalue weighted by molar-refractivity contribution is 0.589. The summed E-state index contributed by atoms with van der Waals surface area (Å²) in [5.74, 6) is 0. The van der Waals surface area contributed by atoms with Gasteiger partial charge in [0.25, 0.3) is 0 Å². The molecule has 0 spiro atoms. The number of hydrogen-bond donors (Lipinski definition) is 1. The summed E-state index contributed by atoms with van der Waals surface area (Å²) in [6.45, 7) is 10.9. The van der Waals surface area contributed by atoms with E-state index in [-0.39, 0.29) is 11.5 Å². The first-order chi connectivity index (χ1) is 9.79. The van der Waals surface area contributed by atoms with Crippen LogP contribution in [0, 0.1) is 6.92 Å². The number of hydrogen-bond acceptors (Lipinski definition) is 1. The number of benzene rings is 2. The van der Waals surface area contributed by atoms with E-state index in [0.717, 1.165) is 16.3 Å². The highest BCUT2D eigenvalue weighted by Crippen LogP contribution is 2.28. The molecule has 0 radical (unpaired) electrons. The summed E-state index contributed by atoms with van der Waals surface area (Å²) in [4.78, 5) is 0. The molecule has 0 fully saturated rings. The molecule has 1 unspecified atom stereocenters. The van der Waals surface area contributed by atoms with Gasteiger partial charge in [0.15, 0.2) is 0 Å². The molecule has 0 amide bonds. The van der Waals surface area contributed by atoms with Crippen LogP contribution in [0.3, 0.4) is 0 Å². The van der Waals surface area contributed by atoms with Gasteiger partial charge in [-0.1, -0.05) is 62.7 Å². The molecule has 0 aliphatic rings. The van der Waals surface area contributed by atoms with Crippen molar-refractivity contribution in [1.82, 2.24) is 0 Å². The molecule has 0 bridgehead atoms. The Kier molecular flexibility index (Phi) is 4.63. The van der Waals surface area contributed by atoms with Crippen molar-refractivity contribution in [1.29, 1.82) is 0 Å². The molecular weight excluding hydrogens is 278 g/mol. The van der Waals surface area contributed by atoms with Crippen molar-refractivity contribution in [2.75, 3.05) is 5.32 Å². The predicted octanol–water partition coefficient (Wildman–Crippen LogP) is 6.12. The van der Waals surface area contributed by atoms with E-state index in [4.69, 9.17) is 11.6 Å². The van der Waals surface area contributed by atoms with Gasteiger partial charge in [-0.25, -0.2) is 0 Å². The Bertz CT molecular complexity index is 608. The van der Waals surface area contributed by atoms with Crippen LogP contribution in [0.4, 0.5) is 5.69 Å². The molecule has 0 saturated heterocycles. The van der Waals surface area contributed by atoms with Gasteiger partial charge in [-0.2, -0.15) is 0 Å². The zero-order valence-corrected chi connectivity index (χ0v) is 14.3. The van der Waals surface area contributed by atoms with Crippen LogP contribution in [0.1, 0.15) is 50.4 Å². The maximum atomic E-state index is 6.17. The Labute approximate surface area is 133 Å². The van der Waals surface area contributed by atoms with Crippen molar-refractivity contribution >= 4 is 17.3 Å². The second-order valence-electron chi connectivity index (χ2n) is 6.65. The lowest BCUT2D eigenvalue weighted by Gasteiger charge is -2.21. The van der Waals surface area contributed by atoms with E-state index in [1.165, 1.54) is 11.1 Å². The van der Waals surface area contributed by atoms with Gasteiger partial charge in [0.05, 0.1) is 0 Å². The van der Waals surface area contributed by atoms with Crippen LogP contribution in [0.2, 0.25) is 5.02 Å². The predicted molar refractivity (Wildman–Crippen MR) is 93.4 cm³/mol. The van der Waals surface area contributed by atoms with Gasteiger partial charge < -0.3 is 5.32 Å². The monoisotopic (exact) mass is 301 g/mol. The molecule has 0 heterocycles. The average Bonchev–Trinajstić information content (AvgIpc) is 2.43. The summed E-state index contributed by atoms with van der Waals surface area (Å²) < 4.78 is 0. The quantitative estimate of drug-likeness (QED) is 0.720. The van der Waals surface area contributed by atoms with E-state index in [1.807, 2.05) is 19.1 Å². The molecule has 0 aromatic heterocycles. The molecule has 2 aromatic carbocycles. The van der Waals surface area contributed by atoms with Crippen molar-refractivity contribution in [2.45, 2.75) is 46.1 Å². The molecule has 1 nitrogen and oxygen atoms in total. The van der Waals surface area contributed by atoms with Gasteiger partial charge in [0.1, 0.15) is 0 Å². The summed E-state index contributed by atoms with van der Waals surface area (Å²) in [7, 11) is 0. The molecule has 2 heteroatoms. The van der Waals surface area contributed by atoms with E-state index in [0.29, 0.717) is 0 Å². The van der Waals surface area contributed by atoms with Gasteiger partial charge >= 0.3 is 0 Å². The molecule has 2 rings (SSSR count). The summed E-state index contributed by atoms with van der Waals surface area (Å²) in [6, 6.07) is 15.1. The number of halogens is 1. The fourth-order valence-corrected chi connectivity index (χ4v) is 2.53. The van der Waals surface area contributed by atoms with Gasteiger partial charge in [-0.05, 0) is 48.1 Å². The summed E-state index contributed by atoms with van der Waals surface area (Å²) >= 11 is 6.17. The average molecular weight is 302 g/mol. The zero-order valence-electron chi connectivity index (χ0n) is 13.5. The third-order valence-electron chi connectivity index (χ3n) is 3.92. The van der Waals surface area contributed by atoms with E-state index in [1.54, 1.807) is 0 Å². The highest BCUT2D eigenvalue weighted by molar-refractivity contribution is 6.31. The van der Waals surface area contributed by atoms with Crippen molar-refractivity contribution in [2.24, 2.45) is 0 Å². The zero-order chi connectivity index (χ0) is 15.6. The molecule has 1 N–H and O–H groups in total. The minimum atomic E-state index is 0.193. The van der Waals surface area contributed by atoms with Crippen molar-refractivity contribution < 1.29 is 0 Å². The van der Waals surface area contributed by atoms with Crippen LogP contribution in [-0.4, -0.2) is 0 Å². The van der Waals surface area contributed by atoms with Crippen LogP contribution in [-0.2, 0) is 5.41 Å². The maximum absolute atomic E-state index is 6.17. The lowest BCUT2D eigenvalue weighted by Crippen LogP contribution is -2.12. The number of rotatable bonds is 3. The summed E-state index contributed by atoms with van der Waals surface area (Å²) in [5, 5.41) is 4.34.